The highest BCUT2D eigenvalue weighted by Crippen LogP contribution is 2.45. The third-order valence-corrected chi connectivity index (χ3v) is 8.27. The van der Waals surface area contributed by atoms with Crippen LogP contribution in [0, 0.1) is 11.7 Å². The maximum Gasteiger partial charge on any atom is 0.227 e. The molecule has 0 spiro atoms. The van der Waals surface area contributed by atoms with Gasteiger partial charge in [-0.25, -0.2) is 9.38 Å². The van der Waals surface area contributed by atoms with Crippen LogP contribution in [0.1, 0.15) is 56.2 Å². The van der Waals surface area contributed by atoms with Crippen molar-refractivity contribution in [1.29, 1.82) is 0 Å². The number of aromatic nitrogens is 3. The summed E-state index contributed by atoms with van der Waals surface area (Å²) in [4.78, 5) is 20.6. The average Bonchev–Trinajstić information content (AvgIpc) is 3.55. The predicted octanol–water partition coefficient (Wildman–Crippen LogP) is 7.00. The number of hydrogen-bond acceptors (Lipinski definition) is 4. The number of H-pyrrole nitrogens is 2. The van der Waals surface area contributed by atoms with Gasteiger partial charge in [0.2, 0.25) is 5.91 Å². The second kappa shape index (κ2) is 10.7. The lowest BCUT2D eigenvalue weighted by Gasteiger charge is -2.31. The Morgan fingerprint density at radius 1 is 1.17 bits per heavy atom. The zero-order valence-electron chi connectivity index (χ0n) is 23.2. The summed E-state index contributed by atoms with van der Waals surface area (Å²) in [6, 6.07) is 14.9. The molecule has 4 aromatic rings. The first-order valence-corrected chi connectivity index (χ1v) is 13.9. The van der Waals surface area contributed by atoms with Crippen molar-refractivity contribution >= 4 is 34.4 Å². The fraction of sp³-hybridized carbons (Fsp3) is 0.242. The van der Waals surface area contributed by atoms with E-state index >= 15 is 0 Å². The Balaban J connectivity index is 1.36. The SMILES string of the molecule is C=CN/C=C(\C=C(/C)NC(=O)C1CCC1)c1ccc2[nH]nc(-c3cc4c([nH]3)N=CCC4(C)c3ccc(F)cc3)c2c1. The molecule has 1 aliphatic heterocycles. The number of fused-ring (bicyclic) bond motifs is 2. The zero-order valence-corrected chi connectivity index (χ0v) is 23.2. The summed E-state index contributed by atoms with van der Waals surface area (Å²) < 4.78 is 13.7. The number of amides is 1. The van der Waals surface area contributed by atoms with Crippen molar-refractivity contribution in [2.75, 3.05) is 0 Å². The van der Waals surface area contributed by atoms with Gasteiger partial charge in [0.15, 0.2) is 0 Å². The summed E-state index contributed by atoms with van der Waals surface area (Å²) in [5, 5.41) is 14.9. The monoisotopic (exact) mass is 548 g/mol. The van der Waals surface area contributed by atoms with Gasteiger partial charge in [0.25, 0.3) is 0 Å². The average molecular weight is 549 g/mol. The molecule has 0 radical (unpaired) electrons. The third kappa shape index (κ3) is 5.01. The van der Waals surface area contributed by atoms with Gasteiger partial charge in [0.05, 0.1) is 11.2 Å². The van der Waals surface area contributed by atoms with Gasteiger partial charge in [-0.1, -0.05) is 38.1 Å². The Kier molecular flexibility index (Phi) is 6.91. The molecule has 1 atom stereocenters. The van der Waals surface area contributed by atoms with Crippen LogP contribution in [0.4, 0.5) is 10.2 Å². The van der Waals surface area contributed by atoms with Crippen molar-refractivity contribution in [2.45, 2.75) is 44.9 Å². The molecular formula is C33H33FN6O. The van der Waals surface area contributed by atoms with E-state index in [1.807, 2.05) is 49.7 Å². The van der Waals surface area contributed by atoms with Gasteiger partial charge in [-0.3, -0.25) is 9.89 Å². The maximum atomic E-state index is 13.7. The van der Waals surface area contributed by atoms with E-state index in [0.717, 1.165) is 75.3 Å². The normalized spacial score (nSPS) is 19.1. The molecule has 2 aromatic heterocycles. The summed E-state index contributed by atoms with van der Waals surface area (Å²) in [5.41, 5.74) is 6.88. The van der Waals surface area contributed by atoms with Crippen LogP contribution in [-0.2, 0) is 10.2 Å². The molecule has 1 amide bonds. The number of carbonyl (C=O) groups excluding carboxylic acids is 1. The Morgan fingerprint density at radius 2 is 1.98 bits per heavy atom. The molecular weight excluding hydrogens is 515 g/mol. The van der Waals surface area contributed by atoms with Crippen molar-refractivity contribution in [3.63, 3.8) is 0 Å². The van der Waals surface area contributed by atoms with Crippen LogP contribution >= 0.6 is 0 Å². The lowest BCUT2D eigenvalue weighted by atomic mass is 9.73. The second-order valence-electron chi connectivity index (χ2n) is 11.0. The fourth-order valence-corrected chi connectivity index (χ4v) is 5.61. The number of aliphatic imine (C=N–C) groups is 1. The quantitative estimate of drug-likeness (QED) is 0.178. The predicted molar refractivity (Wildman–Crippen MR) is 162 cm³/mol. The zero-order chi connectivity index (χ0) is 28.6. The second-order valence-corrected chi connectivity index (χ2v) is 11.0. The van der Waals surface area contributed by atoms with E-state index in [-0.39, 0.29) is 23.1 Å². The topological polar surface area (TPSA) is 98.0 Å². The number of hydrogen-bond donors (Lipinski definition) is 4. The Bertz CT molecular complexity index is 1720. The van der Waals surface area contributed by atoms with Gasteiger partial charge in [0, 0.05) is 40.4 Å². The molecule has 208 valence electrons. The van der Waals surface area contributed by atoms with E-state index in [9.17, 15) is 9.18 Å². The molecule has 1 fully saturated rings. The molecule has 1 saturated carbocycles. The molecule has 6 rings (SSSR count). The van der Waals surface area contributed by atoms with E-state index in [4.69, 9.17) is 0 Å². The maximum absolute atomic E-state index is 13.7. The van der Waals surface area contributed by atoms with Gasteiger partial charge in [0.1, 0.15) is 17.3 Å². The van der Waals surface area contributed by atoms with Crippen molar-refractivity contribution < 1.29 is 9.18 Å². The summed E-state index contributed by atoms with van der Waals surface area (Å²) in [6.45, 7) is 7.83. The van der Waals surface area contributed by atoms with E-state index in [1.54, 1.807) is 6.20 Å². The minimum atomic E-state index is -0.352. The molecule has 3 heterocycles. The Labute approximate surface area is 238 Å². The number of carbonyl (C=O) groups is 1. The van der Waals surface area contributed by atoms with Crippen molar-refractivity contribution in [3.05, 3.63) is 102 Å². The van der Waals surface area contributed by atoms with Crippen LogP contribution in [0.2, 0.25) is 0 Å². The molecule has 2 aromatic carbocycles. The summed E-state index contributed by atoms with van der Waals surface area (Å²) >= 11 is 0. The van der Waals surface area contributed by atoms with Gasteiger partial charge in [-0.2, -0.15) is 5.10 Å². The fourth-order valence-electron chi connectivity index (χ4n) is 5.61. The number of halogens is 1. The Morgan fingerprint density at radius 3 is 2.71 bits per heavy atom. The molecule has 1 unspecified atom stereocenters. The number of aromatic amines is 2. The first-order valence-electron chi connectivity index (χ1n) is 13.9. The highest BCUT2D eigenvalue weighted by molar-refractivity contribution is 5.96. The summed E-state index contributed by atoms with van der Waals surface area (Å²) in [7, 11) is 0. The molecule has 4 N–H and O–H groups in total. The first-order chi connectivity index (χ1) is 19.9. The largest absolute Gasteiger partial charge is 0.368 e. The number of benzene rings is 2. The highest BCUT2D eigenvalue weighted by Gasteiger charge is 2.35. The van der Waals surface area contributed by atoms with Crippen LogP contribution in [0.5, 0.6) is 0 Å². The van der Waals surface area contributed by atoms with Gasteiger partial charge >= 0.3 is 0 Å². The van der Waals surface area contributed by atoms with Crippen LogP contribution in [0.25, 0.3) is 27.9 Å². The van der Waals surface area contributed by atoms with Crippen molar-refractivity contribution in [3.8, 4) is 11.4 Å². The summed E-state index contributed by atoms with van der Waals surface area (Å²) in [6.07, 6.45) is 11.1. The first kappa shape index (κ1) is 26.5. The molecule has 7 nitrogen and oxygen atoms in total. The van der Waals surface area contributed by atoms with Crippen LogP contribution in [0.15, 0.2) is 84.3 Å². The molecule has 8 heteroatoms. The smallest absolute Gasteiger partial charge is 0.227 e. The van der Waals surface area contributed by atoms with E-state index in [2.05, 4.69) is 56.4 Å². The van der Waals surface area contributed by atoms with Gasteiger partial charge in [-0.05, 0) is 85.5 Å². The lowest BCUT2D eigenvalue weighted by Crippen LogP contribution is -2.33. The van der Waals surface area contributed by atoms with Gasteiger partial charge in [-0.15, -0.1) is 0 Å². The molecule has 41 heavy (non-hydrogen) atoms. The van der Waals surface area contributed by atoms with Crippen LogP contribution in [0.3, 0.4) is 0 Å². The number of nitrogens with one attached hydrogen (secondary N) is 4. The minimum absolute atomic E-state index is 0.0830. The molecule has 0 bridgehead atoms. The van der Waals surface area contributed by atoms with E-state index in [0.29, 0.717) is 6.42 Å². The van der Waals surface area contributed by atoms with Crippen molar-refractivity contribution in [1.82, 2.24) is 25.8 Å². The minimum Gasteiger partial charge on any atom is -0.368 e. The molecule has 0 saturated heterocycles. The lowest BCUT2D eigenvalue weighted by molar-refractivity contribution is -0.126. The Hall–Kier alpha value is -4.72. The number of rotatable bonds is 8. The summed E-state index contributed by atoms with van der Waals surface area (Å²) in [5.74, 6) is 0.724. The number of nitrogens with zero attached hydrogens (tertiary/aromatic N) is 2. The molecule has 2 aliphatic rings. The third-order valence-electron chi connectivity index (χ3n) is 8.27. The highest BCUT2D eigenvalue weighted by atomic mass is 19.1. The standard InChI is InChI=1S/C33H33FN6O/c1-4-35-19-23(16-20(2)37-32(41)21-6-5-7-21)22-8-13-28-26(17-22)30(40-39-28)29-18-27-31(38-29)36-15-14-33(27,3)24-9-11-25(34)12-10-24/h4,8-13,15-19,21,35,38H,1,5-7,14H2,2-3H3,(H,37,41)(H,39,40)/b20-16+,23-19+. The van der Waals surface area contributed by atoms with E-state index in [1.165, 1.54) is 12.1 Å². The number of allylic oxidation sites excluding steroid dienone is 3. The van der Waals surface area contributed by atoms with Crippen LogP contribution in [-0.4, -0.2) is 27.3 Å². The molecule has 1 aliphatic carbocycles. The van der Waals surface area contributed by atoms with Crippen LogP contribution < -0.4 is 10.6 Å². The van der Waals surface area contributed by atoms with Crippen molar-refractivity contribution in [2.24, 2.45) is 10.9 Å². The van der Waals surface area contributed by atoms with E-state index < -0.39 is 0 Å². The van der Waals surface area contributed by atoms with Gasteiger partial charge < -0.3 is 15.6 Å².